The monoisotopic (exact) mass is 302 g/mol. The second-order valence-electron chi connectivity index (χ2n) is 6.77. The molecular weight excluding hydrogens is 280 g/mol. The van der Waals surface area contributed by atoms with E-state index in [0.717, 1.165) is 44.6 Å². The number of hydrogen-bond acceptors (Lipinski definition) is 5. The van der Waals surface area contributed by atoms with E-state index in [2.05, 4.69) is 38.2 Å². The minimum Gasteiger partial charge on any atom is -0.367 e. The maximum Gasteiger partial charge on any atom is 0.177 e. The minimum absolute atomic E-state index is 0.0350. The Kier molecular flexibility index (Phi) is 3.44. The molecule has 0 amide bonds. The van der Waals surface area contributed by atoms with Crippen LogP contribution in [0.5, 0.6) is 0 Å². The predicted octanol–water partition coefficient (Wildman–Crippen LogP) is 1.59. The van der Waals surface area contributed by atoms with Gasteiger partial charge >= 0.3 is 0 Å². The molecule has 2 aliphatic rings. The first-order valence-electron chi connectivity index (χ1n) is 8.11. The topological polar surface area (TPSA) is 70.7 Å². The van der Waals surface area contributed by atoms with Crippen LogP contribution in [0.3, 0.4) is 0 Å². The van der Waals surface area contributed by atoms with Crippen LogP contribution in [0.1, 0.15) is 44.3 Å². The Morgan fingerprint density at radius 3 is 3.14 bits per heavy atom. The zero-order chi connectivity index (χ0) is 15.0. The average Bonchev–Trinajstić information content (AvgIpc) is 3.11. The molecule has 3 heterocycles. The van der Waals surface area contributed by atoms with Gasteiger partial charge in [0.2, 0.25) is 0 Å². The Morgan fingerprint density at radius 2 is 2.32 bits per heavy atom. The molecule has 1 aliphatic heterocycles. The van der Waals surface area contributed by atoms with E-state index in [1.54, 1.807) is 0 Å². The molecule has 0 bridgehead atoms. The molecule has 7 heteroatoms. The fourth-order valence-corrected chi connectivity index (χ4v) is 3.36. The van der Waals surface area contributed by atoms with E-state index in [1.165, 1.54) is 12.2 Å². The normalized spacial score (nSPS) is 23.0. The van der Waals surface area contributed by atoms with E-state index >= 15 is 0 Å². The van der Waals surface area contributed by atoms with Crippen molar-refractivity contribution in [1.82, 2.24) is 29.8 Å². The van der Waals surface area contributed by atoms with Gasteiger partial charge in [-0.1, -0.05) is 0 Å². The SMILES string of the molecule is CC1(OCc2nnnn2CC2CCc3nccn3C2)CCC1. The van der Waals surface area contributed by atoms with Crippen LogP contribution in [0, 0.1) is 5.92 Å². The summed E-state index contributed by atoms with van der Waals surface area (Å²) in [6.07, 6.45) is 9.65. The molecule has 1 atom stereocenters. The first-order valence-corrected chi connectivity index (χ1v) is 8.11. The highest BCUT2D eigenvalue weighted by Gasteiger charge is 2.33. The van der Waals surface area contributed by atoms with Crippen molar-refractivity contribution >= 4 is 0 Å². The lowest BCUT2D eigenvalue weighted by Crippen LogP contribution is -2.36. The average molecular weight is 302 g/mol. The van der Waals surface area contributed by atoms with Crippen LogP contribution in [0.2, 0.25) is 0 Å². The first kappa shape index (κ1) is 13.9. The summed E-state index contributed by atoms with van der Waals surface area (Å²) in [5, 5.41) is 12.1. The van der Waals surface area contributed by atoms with Gasteiger partial charge in [0.25, 0.3) is 0 Å². The highest BCUT2D eigenvalue weighted by atomic mass is 16.5. The molecule has 1 aliphatic carbocycles. The summed E-state index contributed by atoms with van der Waals surface area (Å²) in [6, 6.07) is 0. The largest absolute Gasteiger partial charge is 0.367 e. The Hall–Kier alpha value is -1.76. The maximum atomic E-state index is 6.00. The standard InChI is InChI=1S/C15H22N6O/c1-15(5-2-6-15)22-11-14-17-18-19-21(14)10-12-3-4-13-16-7-8-20(13)9-12/h7-8,12H,2-6,9-11H2,1H3. The van der Waals surface area contributed by atoms with Gasteiger partial charge in [-0.2, -0.15) is 0 Å². The van der Waals surface area contributed by atoms with Crippen LogP contribution in [0.15, 0.2) is 12.4 Å². The molecular formula is C15H22N6O. The van der Waals surface area contributed by atoms with Crippen molar-refractivity contribution in [1.29, 1.82) is 0 Å². The molecule has 1 saturated carbocycles. The van der Waals surface area contributed by atoms with Crippen LogP contribution in [0.25, 0.3) is 0 Å². The molecule has 1 unspecified atom stereocenters. The lowest BCUT2D eigenvalue weighted by molar-refractivity contribution is -0.0982. The summed E-state index contributed by atoms with van der Waals surface area (Å²) >= 11 is 0. The van der Waals surface area contributed by atoms with E-state index in [1.807, 2.05) is 10.9 Å². The number of imidazole rings is 1. The summed E-state index contributed by atoms with van der Waals surface area (Å²) in [4.78, 5) is 4.37. The Bertz CT molecular complexity index is 644. The minimum atomic E-state index is 0.0350. The van der Waals surface area contributed by atoms with Crippen molar-refractivity contribution in [2.24, 2.45) is 5.92 Å². The lowest BCUT2D eigenvalue weighted by Gasteiger charge is -2.37. The van der Waals surface area contributed by atoms with Gasteiger partial charge in [-0.05, 0) is 49.0 Å². The van der Waals surface area contributed by atoms with Crippen LogP contribution in [0.4, 0.5) is 0 Å². The van der Waals surface area contributed by atoms with E-state index in [9.17, 15) is 0 Å². The van der Waals surface area contributed by atoms with E-state index in [0.29, 0.717) is 12.5 Å². The second-order valence-corrected chi connectivity index (χ2v) is 6.77. The van der Waals surface area contributed by atoms with E-state index in [-0.39, 0.29) is 5.60 Å². The number of ether oxygens (including phenoxy) is 1. The lowest BCUT2D eigenvalue weighted by atomic mass is 9.82. The molecule has 0 aromatic carbocycles. The fourth-order valence-electron chi connectivity index (χ4n) is 3.36. The fraction of sp³-hybridized carbons (Fsp3) is 0.733. The molecule has 2 aromatic heterocycles. The molecule has 0 radical (unpaired) electrons. The van der Waals surface area contributed by atoms with Crippen molar-refractivity contribution < 1.29 is 4.74 Å². The molecule has 1 fully saturated rings. The van der Waals surface area contributed by atoms with Gasteiger partial charge in [0.05, 0.1) is 5.60 Å². The van der Waals surface area contributed by atoms with Crippen molar-refractivity contribution in [2.45, 2.75) is 64.3 Å². The van der Waals surface area contributed by atoms with Crippen LogP contribution < -0.4 is 0 Å². The number of hydrogen-bond donors (Lipinski definition) is 0. The Labute approximate surface area is 129 Å². The summed E-state index contributed by atoms with van der Waals surface area (Å²) in [6.45, 7) is 4.52. The third-order valence-corrected chi connectivity index (χ3v) is 5.03. The number of aromatic nitrogens is 6. The molecule has 0 saturated heterocycles. The molecule has 7 nitrogen and oxygen atoms in total. The number of tetrazole rings is 1. The second kappa shape index (κ2) is 5.46. The van der Waals surface area contributed by atoms with Gasteiger partial charge in [-0.15, -0.1) is 5.10 Å². The zero-order valence-corrected chi connectivity index (χ0v) is 13.0. The first-order chi connectivity index (χ1) is 10.7. The molecule has 4 rings (SSSR count). The zero-order valence-electron chi connectivity index (χ0n) is 13.0. The highest BCUT2D eigenvalue weighted by Crippen LogP contribution is 2.35. The number of nitrogens with zero attached hydrogens (tertiary/aromatic N) is 6. The van der Waals surface area contributed by atoms with Crippen molar-refractivity contribution in [3.63, 3.8) is 0 Å². The van der Waals surface area contributed by atoms with Crippen LogP contribution in [-0.4, -0.2) is 35.4 Å². The van der Waals surface area contributed by atoms with Crippen LogP contribution >= 0.6 is 0 Å². The number of fused-ring (bicyclic) bond motifs is 1. The quantitative estimate of drug-likeness (QED) is 0.839. The molecule has 0 spiro atoms. The van der Waals surface area contributed by atoms with Gasteiger partial charge in [0, 0.05) is 31.9 Å². The molecule has 118 valence electrons. The Balaban J connectivity index is 1.38. The van der Waals surface area contributed by atoms with Crippen molar-refractivity contribution in [3.8, 4) is 0 Å². The van der Waals surface area contributed by atoms with Gasteiger partial charge in [0.1, 0.15) is 12.4 Å². The molecule has 0 N–H and O–H groups in total. The summed E-state index contributed by atoms with van der Waals surface area (Å²) < 4.78 is 10.2. The Morgan fingerprint density at radius 1 is 1.41 bits per heavy atom. The predicted molar refractivity (Wildman–Crippen MR) is 78.9 cm³/mol. The van der Waals surface area contributed by atoms with E-state index in [4.69, 9.17) is 4.74 Å². The number of aryl methyl sites for hydroxylation is 1. The summed E-state index contributed by atoms with van der Waals surface area (Å²) in [7, 11) is 0. The van der Waals surface area contributed by atoms with Gasteiger partial charge in [-0.25, -0.2) is 9.67 Å². The van der Waals surface area contributed by atoms with Gasteiger partial charge in [0.15, 0.2) is 5.82 Å². The van der Waals surface area contributed by atoms with E-state index < -0.39 is 0 Å². The third-order valence-electron chi connectivity index (χ3n) is 5.03. The van der Waals surface area contributed by atoms with Crippen LogP contribution in [-0.2, 0) is 30.9 Å². The third kappa shape index (κ3) is 2.65. The number of rotatable bonds is 5. The van der Waals surface area contributed by atoms with Gasteiger partial charge < -0.3 is 9.30 Å². The smallest absolute Gasteiger partial charge is 0.177 e. The van der Waals surface area contributed by atoms with Gasteiger partial charge in [-0.3, -0.25) is 0 Å². The maximum absolute atomic E-state index is 6.00. The van der Waals surface area contributed by atoms with Crippen molar-refractivity contribution in [2.75, 3.05) is 0 Å². The highest BCUT2D eigenvalue weighted by molar-refractivity contribution is 4.97. The summed E-state index contributed by atoms with van der Waals surface area (Å²) in [5.74, 6) is 2.57. The summed E-state index contributed by atoms with van der Waals surface area (Å²) in [5.41, 5.74) is 0.0350. The molecule has 2 aromatic rings. The molecule has 22 heavy (non-hydrogen) atoms. The van der Waals surface area contributed by atoms with Crippen molar-refractivity contribution in [3.05, 3.63) is 24.0 Å².